The van der Waals surface area contributed by atoms with Gasteiger partial charge in [0.25, 0.3) is 0 Å². The average Bonchev–Trinajstić information content (AvgIpc) is 2.56. The molecule has 0 atom stereocenters. The van der Waals surface area contributed by atoms with E-state index < -0.39 is 11.8 Å². The number of methoxy groups -OCH3 is 1. The van der Waals surface area contributed by atoms with Crippen LogP contribution in [-0.2, 0) is 9.59 Å². The molecule has 1 aromatic carbocycles. The van der Waals surface area contributed by atoms with Crippen molar-refractivity contribution in [1.82, 2.24) is 10.4 Å². The van der Waals surface area contributed by atoms with E-state index in [1.165, 1.54) is 13.3 Å². The van der Waals surface area contributed by atoms with Crippen molar-refractivity contribution < 1.29 is 14.3 Å². The van der Waals surface area contributed by atoms with Gasteiger partial charge in [0.15, 0.2) is 0 Å². The first-order valence-corrected chi connectivity index (χ1v) is 6.37. The molecule has 2 rings (SSSR count). The Bertz CT molecular complexity index is 686. The van der Waals surface area contributed by atoms with E-state index in [-0.39, 0.29) is 0 Å². The Balaban J connectivity index is 1.89. The van der Waals surface area contributed by atoms with Crippen molar-refractivity contribution in [3.8, 4) is 5.75 Å². The lowest BCUT2D eigenvalue weighted by Gasteiger charge is -2.05. The Kier molecular flexibility index (Phi) is 5.20. The van der Waals surface area contributed by atoms with Gasteiger partial charge in [-0.2, -0.15) is 5.10 Å². The third-order valence-electron chi connectivity index (χ3n) is 2.62. The fourth-order valence-corrected chi connectivity index (χ4v) is 1.55. The summed E-state index contributed by atoms with van der Waals surface area (Å²) in [7, 11) is 1.52. The van der Waals surface area contributed by atoms with Crippen LogP contribution in [0.25, 0.3) is 0 Å². The first kappa shape index (κ1) is 15.2. The van der Waals surface area contributed by atoms with Crippen LogP contribution in [0.3, 0.4) is 0 Å². The first-order chi connectivity index (χ1) is 10.7. The van der Waals surface area contributed by atoms with E-state index in [2.05, 4.69) is 20.8 Å². The number of hydrazone groups is 1. The van der Waals surface area contributed by atoms with Gasteiger partial charge in [0.1, 0.15) is 5.75 Å². The maximum atomic E-state index is 11.7. The van der Waals surface area contributed by atoms with Gasteiger partial charge in [-0.25, -0.2) is 5.43 Å². The molecule has 0 aliphatic rings. The van der Waals surface area contributed by atoms with Crippen LogP contribution in [0.15, 0.2) is 53.9 Å². The fraction of sp³-hybridized carbons (Fsp3) is 0.0667. The Labute approximate surface area is 127 Å². The molecule has 22 heavy (non-hydrogen) atoms. The van der Waals surface area contributed by atoms with Crippen LogP contribution in [0.5, 0.6) is 5.75 Å². The van der Waals surface area contributed by atoms with E-state index >= 15 is 0 Å². The van der Waals surface area contributed by atoms with Crippen molar-refractivity contribution in [2.75, 3.05) is 12.4 Å². The normalized spacial score (nSPS) is 10.2. The van der Waals surface area contributed by atoms with Crippen molar-refractivity contribution >= 4 is 23.7 Å². The standard InChI is InChI=1S/C15H14N4O3/c1-22-13-4-2-3-12(9-13)18-14(20)15(21)19-17-10-11-5-7-16-8-6-11/h2-10H,1H3,(H,18,20)(H,19,21). The van der Waals surface area contributed by atoms with Crippen LogP contribution in [0.4, 0.5) is 5.69 Å². The molecule has 0 aliphatic heterocycles. The van der Waals surface area contributed by atoms with Crippen LogP contribution in [0.1, 0.15) is 5.56 Å². The number of pyridine rings is 1. The minimum atomic E-state index is -0.867. The number of anilines is 1. The number of nitrogens with one attached hydrogen (secondary N) is 2. The number of amides is 2. The zero-order valence-electron chi connectivity index (χ0n) is 11.8. The zero-order valence-corrected chi connectivity index (χ0v) is 11.8. The highest BCUT2D eigenvalue weighted by molar-refractivity contribution is 6.39. The minimum Gasteiger partial charge on any atom is -0.497 e. The minimum absolute atomic E-state index is 0.456. The lowest BCUT2D eigenvalue weighted by atomic mass is 10.3. The first-order valence-electron chi connectivity index (χ1n) is 6.37. The third-order valence-corrected chi connectivity index (χ3v) is 2.62. The van der Waals surface area contributed by atoms with Gasteiger partial charge in [0.2, 0.25) is 0 Å². The average molecular weight is 298 g/mol. The second-order valence-electron chi connectivity index (χ2n) is 4.17. The van der Waals surface area contributed by atoms with Crippen molar-refractivity contribution in [2.24, 2.45) is 5.10 Å². The van der Waals surface area contributed by atoms with Crippen LogP contribution < -0.4 is 15.5 Å². The van der Waals surface area contributed by atoms with Gasteiger partial charge in [0.05, 0.1) is 13.3 Å². The molecule has 0 aliphatic carbocycles. The lowest BCUT2D eigenvalue weighted by molar-refractivity contribution is -0.136. The van der Waals surface area contributed by atoms with Crippen LogP contribution >= 0.6 is 0 Å². The van der Waals surface area contributed by atoms with Crippen molar-refractivity contribution in [3.05, 3.63) is 54.4 Å². The lowest BCUT2D eigenvalue weighted by Crippen LogP contribution is -2.32. The van der Waals surface area contributed by atoms with Gasteiger partial charge in [-0.3, -0.25) is 14.6 Å². The summed E-state index contributed by atoms with van der Waals surface area (Å²) in [5.41, 5.74) is 3.36. The quantitative estimate of drug-likeness (QED) is 0.503. The monoisotopic (exact) mass is 298 g/mol. The molecule has 0 fully saturated rings. The molecular formula is C15H14N4O3. The number of nitrogens with zero attached hydrogens (tertiary/aromatic N) is 2. The smallest absolute Gasteiger partial charge is 0.329 e. The predicted octanol–water partition coefficient (Wildman–Crippen LogP) is 1.18. The molecule has 2 aromatic rings. The molecule has 7 heteroatoms. The van der Waals surface area contributed by atoms with Crippen LogP contribution in [0.2, 0.25) is 0 Å². The number of rotatable bonds is 4. The predicted molar refractivity (Wildman–Crippen MR) is 81.6 cm³/mol. The summed E-state index contributed by atoms with van der Waals surface area (Å²) in [4.78, 5) is 27.2. The van der Waals surface area contributed by atoms with Crippen molar-refractivity contribution in [2.45, 2.75) is 0 Å². The number of ether oxygens (including phenoxy) is 1. The Morgan fingerprint density at radius 1 is 1.18 bits per heavy atom. The topological polar surface area (TPSA) is 92.7 Å². The Morgan fingerprint density at radius 3 is 2.68 bits per heavy atom. The summed E-state index contributed by atoms with van der Waals surface area (Å²) in [5, 5.41) is 6.15. The molecule has 0 radical (unpaired) electrons. The molecule has 0 saturated carbocycles. The van der Waals surface area contributed by atoms with Gasteiger partial charge in [-0.1, -0.05) is 6.07 Å². The molecule has 0 bridgehead atoms. The summed E-state index contributed by atoms with van der Waals surface area (Å²) in [6.45, 7) is 0. The van der Waals surface area contributed by atoms with Crippen molar-refractivity contribution in [1.29, 1.82) is 0 Å². The summed E-state index contributed by atoms with van der Waals surface area (Å²) in [6, 6.07) is 10.1. The second-order valence-corrected chi connectivity index (χ2v) is 4.17. The molecule has 1 heterocycles. The Morgan fingerprint density at radius 2 is 1.95 bits per heavy atom. The summed E-state index contributed by atoms with van der Waals surface area (Å²) in [5.74, 6) is -1.11. The third kappa shape index (κ3) is 4.41. The molecule has 0 spiro atoms. The number of aromatic nitrogens is 1. The molecule has 2 amide bonds. The maximum absolute atomic E-state index is 11.7. The highest BCUT2D eigenvalue weighted by atomic mass is 16.5. The number of benzene rings is 1. The number of hydrogen-bond donors (Lipinski definition) is 2. The summed E-state index contributed by atoms with van der Waals surface area (Å²) in [6.07, 6.45) is 4.61. The van der Waals surface area contributed by atoms with Gasteiger partial charge < -0.3 is 10.1 Å². The molecule has 112 valence electrons. The van der Waals surface area contributed by atoms with Gasteiger partial charge in [-0.05, 0) is 29.8 Å². The highest BCUT2D eigenvalue weighted by Crippen LogP contribution is 2.16. The van der Waals surface area contributed by atoms with Crippen LogP contribution in [0, 0.1) is 0 Å². The maximum Gasteiger partial charge on any atom is 0.329 e. The zero-order chi connectivity index (χ0) is 15.8. The van der Waals surface area contributed by atoms with Crippen molar-refractivity contribution in [3.63, 3.8) is 0 Å². The molecule has 7 nitrogen and oxygen atoms in total. The molecule has 2 N–H and O–H groups in total. The number of carbonyl (C=O) groups excluding carboxylic acids is 2. The SMILES string of the molecule is COc1cccc(NC(=O)C(=O)NN=Cc2ccncc2)c1. The largest absolute Gasteiger partial charge is 0.497 e. The Hall–Kier alpha value is -3.22. The van der Waals surface area contributed by atoms with E-state index in [1.807, 2.05) is 0 Å². The fourth-order valence-electron chi connectivity index (χ4n) is 1.55. The number of hydrogen-bond acceptors (Lipinski definition) is 5. The van der Waals surface area contributed by atoms with E-state index in [0.29, 0.717) is 11.4 Å². The molecule has 0 saturated heterocycles. The summed E-state index contributed by atoms with van der Waals surface area (Å²) >= 11 is 0. The highest BCUT2D eigenvalue weighted by Gasteiger charge is 2.12. The van der Waals surface area contributed by atoms with E-state index in [1.54, 1.807) is 48.8 Å². The van der Waals surface area contributed by atoms with Gasteiger partial charge in [0, 0.05) is 24.1 Å². The summed E-state index contributed by atoms with van der Waals surface area (Å²) < 4.78 is 5.03. The molecule has 0 unspecified atom stereocenters. The van der Waals surface area contributed by atoms with Gasteiger partial charge in [-0.15, -0.1) is 0 Å². The van der Waals surface area contributed by atoms with E-state index in [9.17, 15) is 9.59 Å². The van der Waals surface area contributed by atoms with E-state index in [0.717, 1.165) is 5.56 Å². The van der Waals surface area contributed by atoms with E-state index in [4.69, 9.17) is 4.74 Å². The van der Waals surface area contributed by atoms with Crippen LogP contribution in [-0.4, -0.2) is 30.1 Å². The van der Waals surface area contributed by atoms with Gasteiger partial charge >= 0.3 is 11.8 Å². The second kappa shape index (κ2) is 7.53. The molecular weight excluding hydrogens is 284 g/mol. The number of carbonyl (C=O) groups is 2. The molecule has 1 aromatic heterocycles.